The van der Waals surface area contributed by atoms with Crippen LogP contribution in [0.4, 0.5) is 4.39 Å². The molecular formula is C11H11FN2O5S. The van der Waals surface area contributed by atoms with Crippen molar-refractivity contribution in [3.63, 3.8) is 0 Å². The maximum Gasteiger partial charge on any atom is 0.324 e. The molecule has 0 spiro atoms. The summed E-state index contributed by atoms with van der Waals surface area (Å²) >= 11 is 0. The van der Waals surface area contributed by atoms with Crippen molar-refractivity contribution >= 4 is 16.0 Å². The molecule has 0 bridgehead atoms. The largest absolute Gasteiger partial charge is 0.480 e. The Bertz CT molecular complexity index is 653. The molecule has 20 heavy (non-hydrogen) atoms. The molecule has 1 aromatic carbocycles. The summed E-state index contributed by atoms with van der Waals surface area (Å²) in [6.45, 7) is -0.411. The third-order valence-corrected chi connectivity index (χ3v) is 3.82. The summed E-state index contributed by atoms with van der Waals surface area (Å²) < 4.78 is 43.8. The summed E-state index contributed by atoms with van der Waals surface area (Å²) in [5.41, 5.74) is -0.679. The van der Waals surface area contributed by atoms with Crippen LogP contribution in [0.5, 0.6) is 0 Å². The third kappa shape index (κ3) is 3.51. The lowest BCUT2D eigenvalue weighted by atomic mass is 10.2. The molecule has 0 saturated carbocycles. The average Bonchev–Trinajstić information content (AvgIpc) is 2.37. The first-order valence-corrected chi connectivity index (χ1v) is 6.74. The zero-order valence-corrected chi connectivity index (χ0v) is 11.1. The van der Waals surface area contributed by atoms with E-state index in [4.69, 9.17) is 10.4 Å². The molecule has 1 aromatic rings. The van der Waals surface area contributed by atoms with E-state index >= 15 is 0 Å². The molecule has 1 unspecified atom stereocenters. The molecular weight excluding hydrogens is 291 g/mol. The fraction of sp³-hybridized carbons (Fsp3) is 0.273. The van der Waals surface area contributed by atoms with Gasteiger partial charge in [0.05, 0.1) is 6.61 Å². The first-order chi connectivity index (χ1) is 9.33. The summed E-state index contributed by atoms with van der Waals surface area (Å²) in [7, 11) is -3.16. The van der Waals surface area contributed by atoms with Gasteiger partial charge in [0.15, 0.2) is 0 Å². The monoisotopic (exact) mass is 302 g/mol. The highest BCUT2D eigenvalue weighted by Gasteiger charge is 2.28. The van der Waals surface area contributed by atoms with Crippen molar-refractivity contribution in [1.29, 1.82) is 5.26 Å². The van der Waals surface area contributed by atoms with Gasteiger partial charge in [-0.05, 0) is 12.1 Å². The summed E-state index contributed by atoms with van der Waals surface area (Å²) in [6.07, 6.45) is 0. The molecule has 0 radical (unpaired) electrons. The van der Waals surface area contributed by atoms with Crippen LogP contribution in [0, 0.1) is 17.1 Å². The number of sulfonamides is 1. The molecule has 1 rings (SSSR count). The molecule has 0 saturated heterocycles. The summed E-state index contributed by atoms with van der Waals surface area (Å²) in [5, 5.41) is 17.6. The number of halogens is 1. The number of nitriles is 1. The van der Waals surface area contributed by atoms with Crippen LogP contribution in [0.1, 0.15) is 5.56 Å². The molecule has 0 heterocycles. The van der Waals surface area contributed by atoms with Gasteiger partial charge in [0.1, 0.15) is 28.4 Å². The number of methoxy groups -OCH3 is 1. The van der Waals surface area contributed by atoms with Gasteiger partial charge < -0.3 is 9.84 Å². The van der Waals surface area contributed by atoms with Crippen LogP contribution in [0.15, 0.2) is 23.1 Å². The molecule has 7 nitrogen and oxygen atoms in total. The van der Waals surface area contributed by atoms with Gasteiger partial charge in [0.2, 0.25) is 10.0 Å². The van der Waals surface area contributed by atoms with Crippen molar-refractivity contribution in [2.24, 2.45) is 0 Å². The SMILES string of the molecule is COCC(NS(=O)(=O)c1cccc(F)c1C#N)C(=O)O. The average molecular weight is 302 g/mol. The Morgan fingerprint density at radius 2 is 2.25 bits per heavy atom. The predicted octanol–water partition coefficient (Wildman–Crippen LogP) is 0.0753. The number of rotatable bonds is 6. The van der Waals surface area contributed by atoms with E-state index in [1.807, 2.05) is 4.72 Å². The van der Waals surface area contributed by atoms with Crippen molar-refractivity contribution in [3.05, 3.63) is 29.6 Å². The summed E-state index contributed by atoms with van der Waals surface area (Å²) in [5.74, 6) is -2.46. The van der Waals surface area contributed by atoms with Crippen molar-refractivity contribution in [2.45, 2.75) is 10.9 Å². The van der Waals surface area contributed by atoms with Crippen LogP contribution in [0.25, 0.3) is 0 Å². The number of ether oxygens (including phenoxy) is 1. The number of hydrogen-bond donors (Lipinski definition) is 2. The van der Waals surface area contributed by atoms with Crippen molar-refractivity contribution in [1.82, 2.24) is 4.72 Å². The number of carboxylic acids is 1. The predicted molar refractivity (Wildman–Crippen MR) is 64.7 cm³/mol. The standard InChI is InChI=1S/C11H11FN2O5S/c1-19-6-9(11(15)16)14-20(17,18)10-4-2-3-8(12)7(10)5-13/h2-4,9,14H,6H2,1H3,(H,15,16). The zero-order chi connectivity index (χ0) is 15.3. The van der Waals surface area contributed by atoms with Crippen LogP contribution >= 0.6 is 0 Å². The highest BCUT2D eigenvalue weighted by atomic mass is 32.2. The molecule has 0 amide bonds. The number of nitrogens with zero attached hydrogens (tertiary/aromatic N) is 1. The van der Waals surface area contributed by atoms with Gasteiger partial charge in [0.25, 0.3) is 0 Å². The first kappa shape index (κ1) is 16.0. The molecule has 0 aliphatic heterocycles. The lowest BCUT2D eigenvalue weighted by molar-refractivity contribution is -0.140. The first-order valence-electron chi connectivity index (χ1n) is 5.26. The molecule has 0 fully saturated rings. The van der Waals surface area contributed by atoms with Gasteiger partial charge in [-0.3, -0.25) is 4.79 Å². The lowest BCUT2D eigenvalue weighted by Crippen LogP contribution is -2.43. The molecule has 0 aliphatic carbocycles. The van der Waals surface area contributed by atoms with E-state index in [9.17, 15) is 17.6 Å². The molecule has 0 aromatic heterocycles. The van der Waals surface area contributed by atoms with Gasteiger partial charge in [-0.2, -0.15) is 9.98 Å². The fourth-order valence-electron chi connectivity index (χ4n) is 1.41. The molecule has 9 heteroatoms. The van der Waals surface area contributed by atoms with Gasteiger partial charge in [-0.15, -0.1) is 0 Å². The van der Waals surface area contributed by atoms with E-state index in [2.05, 4.69) is 4.74 Å². The van der Waals surface area contributed by atoms with E-state index < -0.39 is 44.9 Å². The summed E-state index contributed by atoms with van der Waals surface area (Å²) in [4.78, 5) is 10.3. The quantitative estimate of drug-likeness (QED) is 0.768. The highest BCUT2D eigenvalue weighted by Crippen LogP contribution is 2.18. The van der Waals surface area contributed by atoms with Gasteiger partial charge in [-0.25, -0.2) is 12.8 Å². The summed E-state index contributed by atoms with van der Waals surface area (Å²) in [6, 6.07) is 2.94. The van der Waals surface area contributed by atoms with Crippen LogP contribution in [0.2, 0.25) is 0 Å². The number of nitrogens with one attached hydrogen (secondary N) is 1. The van der Waals surface area contributed by atoms with Crippen molar-refractivity contribution < 1.29 is 27.4 Å². The number of benzene rings is 1. The van der Waals surface area contributed by atoms with E-state index in [1.54, 1.807) is 0 Å². The number of carbonyl (C=O) groups is 1. The number of aliphatic carboxylic acids is 1. The van der Waals surface area contributed by atoms with Gasteiger partial charge >= 0.3 is 5.97 Å². The topological polar surface area (TPSA) is 116 Å². The Morgan fingerprint density at radius 1 is 1.60 bits per heavy atom. The maximum atomic E-state index is 13.4. The minimum Gasteiger partial charge on any atom is -0.480 e. The van der Waals surface area contributed by atoms with Crippen LogP contribution in [-0.4, -0.2) is 39.3 Å². The number of hydrogen-bond acceptors (Lipinski definition) is 5. The molecule has 108 valence electrons. The van der Waals surface area contributed by atoms with E-state index in [-0.39, 0.29) is 0 Å². The minimum absolute atomic E-state index is 0.411. The number of carboxylic acid groups (broad SMARTS) is 1. The van der Waals surface area contributed by atoms with Crippen molar-refractivity contribution in [3.8, 4) is 6.07 Å². The zero-order valence-electron chi connectivity index (χ0n) is 10.3. The Morgan fingerprint density at radius 3 is 2.75 bits per heavy atom. The van der Waals surface area contributed by atoms with Gasteiger partial charge in [-0.1, -0.05) is 6.07 Å². The lowest BCUT2D eigenvalue weighted by Gasteiger charge is -2.14. The molecule has 0 aliphatic rings. The normalized spacial score (nSPS) is 12.7. The Hall–Kier alpha value is -2.02. The molecule has 2 N–H and O–H groups in total. The second-order valence-corrected chi connectivity index (χ2v) is 5.37. The van der Waals surface area contributed by atoms with Crippen LogP contribution < -0.4 is 4.72 Å². The third-order valence-electron chi connectivity index (χ3n) is 2.31. The molecule has 1 atom stereocenters. The Kier molecular flexibility index (Phi) is 5.15. The van der Waals surface area contributed by atoms with Crippen LogP contribution in [-0.2, 0) is 19.6 Å². The maximum absolute atomic E-state index is 13.4. The van der Waals surface area contributed by atoms with E-state index in [1.165, 1.54) is 13.2 Å². The Labute approximate surface area is 114 Å². The second kappa shape index (κ2) is 6.42. The van der Waals surface area contributed by atoms with E-state index in [0.717, 1.165) is 18.2 Å². The minimum atomic E-state index is -4.37. The van der Waals surface area contributed by atoms with Crippen LogP contribution in [0.3, 0.4) is 0 Å². The second-order valence-electron chi connectivity index (χ2n) is 3.69. The van der Waals surface area contributed by atoms with Crippen molar-refractivity contribution in [2.75, 3.05) is 13.7 Å². The van der Waals surface area contributed by atoms with Gasteiger partial charge in [0, 0.05) is 7.11 Å². The smallest absolute Gasteiger partial charge is 0.324 e. The Balaban J connectivity index is 3.21. The highest BCUT2D eigenvalue weighted by molar-refractivity contribution is 7.89. The fourth-order valence-corrected chi connectivity index (χ4v) is 2.75. The van der Waals surface area contributed by atoms with E-state index in [0.29, 0.717) is 0 Å².